The number of amides is 2. The predicted molar refractivity (Wildman–Crippen MR) is 80.8 cm³/mol. The lowest BCUT2D eigenvalue weighted by Crippen LogP contribution is -2.20. The maximum Gasteiger partial charge on any atom is 0.326 e. The number of anilines is 2. The van der Waals surface area contributed by atoms with Gasteiger partial charge in [0.1, 0.15) is 5.75 Å². The minimum atomic E-state index is -0.361. The second-order valence-electron chi connectivity index (χ2n) is 4.39. The Balaban J connectivity index is 1.74. The summed E-state index contributed by atoms with van der Waals surface area (Å²) in [6, 6.07) is 12.5. The molecule has 2 heterocycles. The summed E-state index contributed by atoms with van der Waals surface area (Å²) < 4.78 is 6.91. The number of rotatable bonds is 3. The average molecular weight is 282 g/mol. The molecule has 2 aromatic heterocycles. The van der Waals surface area contributed by atoms with E-state index < -0.39 is 0 Å². The van der Waals surface area contributed by atoms with Crippen LogP contribution in [-0.4, -0.2) is 22.5 Å². The first-order valence-corrected chi connectivity index (χ1v) is 6.40. The van der Waals surface area contributed by atoms with E-state index in [2.05, 4.69) is 15.6 Å². The molecule has 6 nitrogen and oxygen atoms in total. The lowest BCUT2D eigenvalue weighted by atomic mass is 10.3. The summed E-state index contributed by atoms with van der Waals surface area (Å²) >= 11 is 0. The van der Waals surface area contributed by atoms with Gasteiger partial charge >= 0.3 is 6.03 Å². The summed E-state index contributed by atoms with van der Waals surface area (Å²) in [5, 5.41) is 5.45. The first-order chi connectivity index (χ1) is 10.3. The van der Waals surface area contributed by atoms with Gasteiger partial charge in [0.25, 0.3) is 0 Å². The first-order valence-electron chi connectivity index (χ1n) is 6.40. The third kappa shape index (κ3) is 2.79. The minimum Gasteiger partial charge on any atom is -0.497 e. The minimum absolute atomic E-state index is 0.361. The molecule has 0 unspecified atom stereocenters. The zero-order valence-corrected chi connectivity index (χ0v) is 11.4. The number of hydrogen-bond donors (Lipinski definition) is 2. The molecular formula is C15H14N4O2. The normalized spacial score (nSPS) is 10.3. The molecule has 0 bridgehead atoms. The molecule has 0 aliphatic heterocycles. The first kappa shape index (κ1) is 13.0. The number of carbonyl (C=O) groups is 1. The highest BCUT2D eigenvalue weighted by Gasteiger charge is 2.07. The van der Waals surface area contributed by atoms with Crippen LogP contribution >= 0.6 is 0 Å². The van der Waals surface area contributed by atoms with Crippen LogP contribution in [0.5, 0.6) is 5.75 Å². The average Bonchev–Trinajstić information content (AvgIpc) is 2.91. The van der Waals surface area contributed by atoms with Crippen molar-refractivity contribution in [1.29, 1.82) is 0 Å². The lowest BCUT2D eigenvalue weighted by Gasteiger charge is -2.08. The van der Waals surface area contributed by atoms with Crippen LogP contribution in [-0.2, 0) is 0 Å². The molecule has 106 valence electrons. The number of pyridine rings is 1. The summed E-state index contributed by atoms with van der Waals surface area (Å²) in [5.74, 6) is 1.14. The smallest absolute Gasteiger partial charge is 0.326 e. The highest BCUT2D eigenvalue weighted by atomic mass is 16.5. The van der Waals surface area contributed by atoms with Crippen LogP contribution in [0.3, 0.4) is 0 Å². The van der Waals surface area contributed by atoms with Crippen molar-refractivity contribution in [3.8, 4) is 5.75 Å². The Hall–Kier alpha value is -3.02. The molecule has 0 saturated carbocycles. The number of carbonyl (C=O) groups excluding carboxylic acids is 1. The Labute approximate surface area is 121 Å². The van der Waals surface area contributed by atoms with Gasteiger partial charge in [-0.25, -0.2) is 9.78 Å². The van der Waals surface area contributed by atoms with Gasteiger partial charge in [0.15, 0.2) is 0 Å². The molecule has 2 amide bonds. The molecule has 3 rings (SSSR count). The summed E-state index contributed by atoms with van der Waals surface area (Å²) in [4.78, 5) is 16.2. The van der Waals surface area contributed by atoms with Gasteiger partial charge < -0.3 is 10.1 Å². The van der Waals surface area contributed by atoms with Crippen LogP contribution < -0.4 is 15.4 Å². The Bertz CT molecular complexity index is 782. The summed E-state index contributed by atoms with van der Waals surface area (Å²) in [7, 11) is 1.58. The summed E-state index contributed by atoms with van der Waals surface area (Å²) in [6.07, 6.45) is 3.53. The monoisotopic (exact) mass is 282 g/mol. The number of nitrogens with one attached hydrogen (secondary N) is 2. The van der Waals surface area contributed by atoms with Gasteiger partial charge in [0, 0.05) is 18.0 Å². The highest BCUT2D eigenvalue weighted by Crippen LogP contribution is 2.17. The van der Waals surface area contributed by atoms with Crippen LogP contribution in [0.25, 0.3) is 5.52 Å². The molecule has 0 spiro atoms. The van der Waals surface area contributed by atoms with Crippen molar-refractivity contribution in [3.05, 3.63) is 54.9 Å². The van der Waals surface area contributed by atoms with E-state index in [0.717, 1.165) is 5.52 Å². The van der Waals surface area contributed by atoms with E-state index in [9.17, 15) is 4.79 Å². The fourth-order valence-corrected chi connectivity index (χ4v) is 2.00. The van der Waals surface area contributed by atoms with Gasteiger partial charge in [0.05, 0.1) is 18.8 Å². The molecular weight excluding hydrogens is 268 g/mol. The number of imidazole rings is 1. The maximum atomic E-state index is 12.0. The van der Waals surface area contributed by atoms with Crippen molar-refractivity contribution < 1.29 is 9.53 Å². The molecule has 1 aromatic carbocycles. The van der Waals surface area contributed by atoms with Crippen LogP contribution in [0.15, 0.2) is 54.9 Å². The molecule has 2 N–H and O–H groups in total. The Kier molecular flexibility index (Phi) is 3.42. The number of hydrogen-bond acceptors (Lipinski definition) is 3. The molecule has 6 heteroatoms. The zero-order chi connectivity index (χ0) is 14.7. The van der Waals surface area contributed by atoms with E-state index >= 15 is 0 Å². The lowest BCUT2D eigenvalue weighted by molar-refractivity contribution is 0.262. The van der Waals surface area contributed by atoms with E-state index in [1.807, 2.05) is 30.5 Å². The molecule has 21 heavy (non-hydrogen) atoms. The van der Waals surface area contributed by atoms with Crippen LogP contribution in [0.1, 0.15) is 0 Å². The van der Waals surface area contributed by atoms with E-state index in [-0.39, 0.29) is 6.03 Å². The molecule has 3 aromatic rings. The fourth-order valence-electron chi connectivity index (χ4n) is 2.00. The topological polar surface area (TPSA) is 67.7 Å². The SMILES string of the molecule is COc1cccc(NC(=O)Nc2ncc3ccccn23)c1. The number of ether oxygens (including phenoxy) is 1. The number of benzene rings is 1. The largest absolute Gasteiger partial charge is 0.497 e. The van der Waals surface area contributed by atoms with Crippen molar-refractivity contribution in [2.45, 2.75) is 0 Å². The van der Waals surface area contributed by atoms with Crippen molar-refractivity contribution in [2.75, 3.05) is 17.7 Å². The maximum absolute atomic E-state index is 12.0. The third-order valence-electron chi connectivity index (χ3n) is 2.99. The van der Waals surface area contributed by atoms with Gasteiger partial charge in [-0.2, -0.15) is 0 Å². The van der Waals surface area contributed by atoms with Gasteiger partial charge in [-0.1, -0.05) is 12.1 Å². The molecule has 0 aliphatic carbocycles. The van der Waals surface area contributed by atoms with Crippen molar-refractivity contribution in [3.63, 3.8) is 0 Å². The molecule has 0 saturated heterocycles. The predicted octanol–water partition coefficient (Wildman–Crippen LogP) is 2.99. The van der Waals surface area contributed by atoms with Gasteiger partial charge in [0.2, 0.25) is 5.95 Å². The van der Waals surface area contributed by atoms with Gasteiger partial charge in [-0.3, -0.25) is 9.72 Å². The third-order valence-corrected chi connectivity index (χ3v) is 2.99. The van der Waals surface area contributed by atoms with Crippen LogP contribution in [0, 0.1) is 0 Å². The highest BCUT2D eigenvalue weighted by molar-refractivity contribution is 5.99. The van der Waals surface area contributed by atoms with Gasteiger partial charge in [-0.05, 0) is 24.3 Å². The van der Waals surface area contributed by atoms with E-state index in [4.69, 9.17) is 4.74 Å². The standard InChI is InChI=1S/C15H14N4O2/c1-21-13-7-4-5-11(9-13)17-15(20)18-14-16-10-12-6-2-3-8-19(12)14/h2-10H,1H3,(H2,16,17,18,20). The second kappa shape index (κ2) is 5.54. The number of fused-ring (bicyclic) bond motifs is 1. The Morgan fingerprint density at radius 1 is 1.19 bits per heavy atom. The fraction of sp³-hybridized carbons (Fsp3) is 0.0667. The van der Waals surface area contributed by atoms with E-state index in [1.165, 1.54) is 0 Å². The van der Waals surface area contributed by atoms with Crippen molar-refractivity contribution in [1.82, 2.24) is 9.38 Å². The molecule has 0 atom stereocenters. The number of methoxy groups -OCH3 is 1. The Morgan fingerprint density at radius 3 is 2.95 bits per heavy atom. The van der Waals surface area contributed by atoms with Crippen LogP contribution in [0.4, 0.5) is 16.4 Å². The van der Waals surface area contributed by atoms with E-state index in [1.54, 1.807) is 35.9 Å². The van der Waals surface area contributed by atoms with Crippen LogP contribution in [0.2, 0.25) is 0 Å². The number of aromatic nitrogens is 2. The van der Waals surface area contributed by atoms with E-state index in [0.29, 0.717) is 17.4 Å². The van der Waals surface area contributed by atoms with Gasteiger partial charge in [-0.15, -0.1) is 0 Å². The zero-order valence-electron chi connectivity index (χ0n) is 11.4. The summed E-state index contributed by atoms with van der Waals surface area (Å²) in [5.41, 5.74) is 1.56. The molecule has 0 fully saturated rings. The molecule has 0 aliphatic rings. The van der Waals surface area contributed by atoms with Crippen molar-refractivity contribution >= 4 is 23.2 Å². The Morgan fingerprint density at radius 2 is 2.10 bits per heavy atom. The summed E-state index contributed by atoms with van der Waals surface area (Å²) in [6.45, 7) is 0. The quantitative estimate of drug-likeness (QED) is 0.776. The molecule has 0 radical (unpaired) electrons. The van der Waals surface area contributed by atoms with Crippen molar-refractivity contribution in [2.24, 2.45) is 0 Å². The number of urea groups is 1. The second-order valence-corrected chi connectivity index (χ2v) is 4.39. The number of nitrogens with zero attached hydrogens (tertiary/aromatic N) is 2.